The molecule has 1 atom stereocenters. The third-order valence-electron chi connectivity index (χ3n) is 3.91. The molecular weight excluding hydrogens is 381 g/mol. The smallest absolute Gasteiger partial charge is 0.271 e. The molecule has 1 amide bonds. The van der Waals surface area contributed by atoms with E-state index in [1.807, 2.05) is 31.2 Å². The summed E-state index contributed by atoms with van der Waals surface area (Å²) < 4.78 is 5.43. The van der Waals surface area contributed by atoms with Crippen molar-refractivity contribution in [3.8, 4) is 16.3 Å². The molecule has 1 saturated carbocycles. The van der Waals surface area contributed by atoms with Crippen molar-refractivity contribution < 1.29 is 9.53 Å². The number of amides is 1. The normalized spacial score (nSPS) is 14.0. The highest BCUT2D eigenvalue weighted by atomic mass is 35.5. The molecule has 1 heterocycles. The van der Waals surface area contributed by atoms with E-state index in [9.17, 15) is 4.79 Å². The number of hydrogen-bond acceptors (Lipinski definition) is 5. The first kappa shape index (κ1) is 21.7. The van der Waals surface area contributed by atoms with Gasteiger partial charge in [-0.3, -0.25) is 4.79 Å². The van der Waals surface area contributed by atoms with E-state index in [4.69, 9.17) is 10.5 Å². The average molecular weight is 404 g/mol. The Bertz CT molecular complexity index is 675. The van der Waals surface area contributed by atoms with Crippen LogP contribution in [0.15, 0.2) is 29.6 Å². The lowest BCUT2D eigenvalue weighted by Crippen LogP contribution is -2.41. The molecule has 25 heavy (non-hydrogen) atoms. The van der Waals surface area contributed by atoms with Crippen molar-refractivity contribution in [2.24, 2.45) is 11.7 Å². The number of carbonyl (C=O) groups excluding carboxylic acids is 1. The van der Waals surface area contributed by atoms with Crippen molar-refractivity contribution in [1.29, 1.82) is 0 Å². The molecule has 138 valence electrons. The molecule has 1 unspecified atom stereocenters. The van der Waals surface area contributed by atoms with Crippen LogP contribution in [0.25, 0.3) is 10.6 Å². The average Bonchev–Trinajstić information content (AvgIpc) is 3.29. The molecule has 8 heteroatoms. The Kier molecular flexibility index (Phi) is 8.65. The van der Waals surface area contributed by atoms with E-state index in [0.717, 1.165) is 29.2 Å². The zero-order chi connectivity index (χ0) is 16.2. The summed E-state index contributed by atoms with van der Waals surface area (Å²) in [6.07, 6.45) is 2.30. The molecule has 5 nitrogen and oxygen atoms in total. The zero-order valence-corrected chi connectivity index (χ0v) is 16.4. The molecule has 1 fully saturated rings. The summed E-state index contributed by atoms with van der Waals surface area (Å²) in [5.41, 5.74) is 7.17. The molecule has 0 spiro atoms. The van der Waals surface area contributed by atoms with Gasteiger partial charge in [-0.1, -0.05) is 0 Å². The van der Waals surface area contributed by atoms with Gasteiger partial charge in [0.1, 0.15) is 16.5 Å². The van der Waals surface area contributed by atoms with Crippen LogP contribution in [0.3, 0.4) is 0 Å². The minimum atomic E-state index is -0.138. The number of nitrogens with zero attached hydrogens (tertiary/aromatic N) is 1. The Balaban J connectivity index is 0.00000156. The van der Waals surface area contributed by atoms with Gasteiger partial charge in [0, 0.05) is 23.5 Å². The number of nitrogens with one attached hydrogen (secondary N) is 1. The first-order chi connectivity index (χ1) is 11.2. The number of rotatable bonds is 7. The maximum absolute atomic E-state index is 12.3. The standard InChI is InChI=1S/C17H21N3O2S.2ClH/c1-2-22-13-7-5-12(6-8-13)17-20-15(10-23-17)16(21)19-14(9-18)11-3-4-11;;/h5-8,10-11,14H,2-4,9,18H2,1H3,(H,19,21);2*1H. The SMILES string of the molecule is CCOc1ccc(-c2nc(C(=O)NC(CN)C3CC3)cs2)cc1.Cl.Cl. The lowest BCUT2D eigenvalue weighted by molar-refractivity contribution is 0.0929. The Morgan fingerprint density at radius 1 is 1.36 bits per heavy atom. The summed E-state index contributed by atoms with van der Waals surface area (Å²) in [4.78, 5) is 16.7. The number of nitrogens with two attached hydrogens (primary N) is 1. The van der Waals surface area contributed by atoms with Crippen molar-refractivity contribution in [2.45, 2.75) is 25.8 Å². The van der Waals surface area contributed by atoms with E-state index in [-0.39, 0.29) is 36.8 Å². The highest BCUT2D eigenvalue weighted by Crippen LogP contribution is 2.32. The van der Waals surface area contributed by atoms with Gasteiger partial charge < -0.3 is 15.8 Å². The molecule has 3 N–H and O–H groups in total. The number of thiazole rings is 1. The number of carbonyl (C=O) groups is 1. The lowest BCUT2D eigenvalue weighted by atomic mass is 10.2. The fourth-order valence-electron chi connectivity index (χ4n) is 2.48. The fourth-order valence-corrected chi connectivity index (χ4v) is 3.29. The Labute approximate surface area is 164 Å². The van der Waals surface area contributed by atoms with Crippen LogP contribution in [-0.4, -0.2) is 30.1 Å². The van der Waals surface area contributed by atoms with Crippen molar-refractivity contribution >= 4 is 42.1 Å². The molecule has 2 aromatic rings. The van der Waals surface area contributed by atoms with Crippen molar-refractivity contribution in [3.05, 3.63) is 35.3 Å². The Morgan fingerprint density at radius 2 is 2.04 bits per heavy atom. The van der Waals surface area contributed by atoms with E-state index in [0.29, 0.717) is 24.8 Å². The number of ether oxygens (including phenoxy) is 1. The summed E-state index contributed by atoms with van der Waals surface area (Å²) in [7, 11) is 0. The van der Waals surface area contributed by atoms with Gasteiger partial charge >= 0.3 is 0 Å². The van der Waals surface area contributed by atoms with E-state index >= 15 is 0 Å². The van der Waals surface area contributed by atoms with Crippen molar-refractivity contribution in [3.63, 3.8) is 0 Å². The maximum atomic E-state index is 12.3. The van der Waals surface area contributed by atoms with Gasteiger partial charge in [0.05, 0.1) is 6.61 Å². The van der Waals surface area contributed by atoms with Crippen LogP contribution in [0, 0.1) is 5.92 Å². The summed E-state index contributed by atoms with van der Waals surface area (Å²) in [6, 6.07) is 7.81. The minimum Gasteiger partial charge on any atom is -0.494 e. The fraction of sp³-hybridized carbons (Fsp3) is 0.412. The van der Waals surface area contributed by atoms with Gasteiger partial charge in [0.2, 0.25) is 0 Å². The maximum Gasteiger partial charge on any atom is 0.271 e. The predicted molar refractivity (Wildman–Crippen MR) is 106 cm³/mol. The second-order valence-corrected chi connectivity index (χ2v) is 6.51. The van der Waals surface area contributed by atoms with Crippen LogP contribution < -0.4 is 15.8 Å². The van der Waals surface area contributed by atoms with Gasteiger partial charge in [-0.25, -0.2) is 4.98 Å². The van der Waals surface area contributed by atoms with Crippen LogP contribution in [0.4, 0.5) is 0 Å². The Morgan fingerprint density at radius 3 is 2.60 bits per heavy atom. The van der Waals surface area contributed by atoms with Crippen LogP contribution in [0.2, 0.25) is 0 Å². The summed E-state index contributed by atoms with van der Waals surface area (Å²) in [5.74, 6) is 1.23. The summed E-state index contributed by atoms with van der Waals surface area (Å²) >= 11 is 1.46. The minimum absolute atomic E-state index is 0. The summed E-state index contributed by atoms with van der Waals surface area (Å²) in [5, 5.41) is 5.62. The zero-order valence-electron chi connectivity index (χ0n) is 13.9. The molecule has 0 radical (unpaired) electrons. The number of halogens is 2. The third-order valence-corrected chi connectivity index (χ3v) is 4.80. The van der Waals surface area contributed by atoms with Crippen molar-refractivity contribution in [2.75, 3.05) is 13.2 Å². The van der Waals surface area contributed by atoms with Gasteiger partial charge in [-0.05, 0) is 49.9 Å². The monoisotopic (exact) mass is 403 g/mol. The van der Waals surface area contributed by atoms with Crippen LogP contribution in [0.1, 0.15) is 30.3 Å². The predicted octanol–water partition coefficient (Wildman–Crippen LogP) is 3.52. The molecule has 1 aliphatic carbocycles. The quantitative estimate of drug-likeness (QED) is 0.740. The van der Waals surface area contributed by atoms with Gasteiger partial charge in [-0.15, -0.1) is 36.2 Å². The van der Waals surface area contributed by atoms with Gasteiger partial charge in [0.25, 0.3) is 5.91 Å². The van der Waals surface area contributed by atoms with Gasteiger partial charge in [-0.2, -0.15) is 0 Å². The van der Waals surface area contributed by atoms with E-state index in [1.165, 1.54) is 11.3 Å². The van der Waals surface area contributed by atoms with E-state index < -0.39 is 0 Å². The molecule has 0 saturated heterocycles. The molecule has 0 bridgehead atoms. The largest absolute Gasteiger partial charge is 0.494 e. The Hall–Kier alpha value is -1.34. The first-order valence-corrected chi connectivity index (χ1v) is 8.79. The lowest BCUT2D eigenvalue weighted by Gasteiger charge is -2.14. The third kappa shape index (κ3) is 5.57. The number of aromatic nitrogens is 1. The number of hydrogen-bond donors (Lipinski definition) is 2. The second kappa shape index (κ2) is 9.97. The van der Waals surface area contributed by atoms with Crippen LogP contribution in [-0.2, 0) is 0 Å². The molecule has 1 aliphatic rings. The molecular formula is C17H23Cl2N3O2S. The van der Waals surface area contributed by atoms with Gasteiger partial charge in [0.15, 0.2) is 0 Å². The first-order valence-electron chi connectivity index (χ1n) is 7.91. The van der Waals surface area contributed by atoms with E-state index in [1.54, 1.807) is 5.38 Å². The number of benzene rings is 1. The van der Waals surface area contributed by atoms with Crippen LogP contribution in [0.5, 0.6) is 5.75 Å². The van der Waals surface area contributed by atoms with Crippen LogP contribution >= 0.6 is 36.2 Å². The molecule has 0 aliphatic heterocycles. The van der Waals surface area contributed by atoms with E-state index in [2.05, 4.69) is 10.3 Å². The highest BCUT2D eigenvalue weighted by molar-refractivity contribution is 7.13. The topological polar surface area (TPSA) is 77.2 Å². The summed E-state index contributed by atoms with van der Waals surface area (Å²) in [6.45, 7) is 3.08. The second-order valence-electron chi connectivity index (χ2n) is 5.65. The highest BCUT2D eigenvalue weighted by Gasteiger charge is 2.31. The molecule has 1 aromatic heterocycles. The van der Waals surface area contributed by atoms with Crippen molar-refractivity contribution in [1.82, 2.24) is 10.3 Å². The molecule has 3 rings (SSSR count). The molecule has 1 aromatic carbocycles.